The van der Waals surface area contributed by atoms with E-state index in [4.69, 9.17) is 9.84 Å². The summed E-state index contributed by atoms with van der Waals surface area (Å²) in [5.74, 6) is -0.595. The van der Waals surface area contributed by atoms with Gasteiger partial charge in [0, 0.05) is 39.2 Å². The van der Waals surface area contributed by atoms with E-state index in [2.05, 4.69) is 0 Å². The second-order valence-electron chi connectivity index (χ2n) is 4.44. The summed E-state index contributed by atoms with van der Waals surface area (Å²) in [6.45, 7) is 1.81. The third-order valence-corrected chi connectivity index (χ3v) is 3.94. The lowest BCUT2D eigenvalue weighted by atomic mass is 10.2. The Kier molecular flexibility index (Phi) is 6.30. The summed E-state index contributed by atoms with van der Waals surface area (Å²) in [6, 6.07) is -0.794. The van der Waals surface area contributed by atoms with Crippen LogP contribution in [0.25, 0.3) is 0 Å². The highest BCUT2D eigenvalue weighted by Crippen LogP contribution is 2.21. The zero-order valence-electron chi connectivity index (χ0n) is 11.1. The third-order valence-electron chi connectivity index (χ3n) is 3.04. The lowest BCUT2D eigenvalue weighted by Gasteiger charge is -2.21. The zero-order chi connectivity index (χ0) is 14.4. The molecule has 0 aliphatic carbocycles. The molecule has 0 aromatic heterocycles. The predicted molar refractivity (Wildman–Crippen MR) is 70.9 cm³/mol. The maximum Gasteiger partial charge on any atom is 0.326 e. The van der Waals surface area contributed by atoms with Gasteiger partial charge < -0.3 is 14.7 Å². The number of carbonyl (C=O) groups excluding carboxylic acids is 2. The predicted octanol–water partition coefficient (Wildman–Crippen LogP) is 0.747. The highest BCUT2D eigenvalue weighted by Gasteiger charge is 2.39. The smallest absolute Gasteiger partial charge is 0.326 e. The van der Waals surface area contributed by atoms with Crippen molar-refractivity contribution in [2.75, 3.05) is 19.4 Å². The van der Waals surface area contributed by atoms with Crippen molar-refractivity contribution in [1.29, 1.82) is 0 Å². The molecule has 0 bridgehead atoms. The van der Waals surface area contributed by atoms with Crippen molar-refractivity contribution in [1.82, 2.24) is 4.90 Å². The summed E-state index contributed by atoms with van der Waals surface area (Å²) in [7, 11) is 1.51. The maximum atomic E-state index is 12.0. The van der Waals surface area contributed by atoms with Crippen LogP contribution in [-0.2, 0) is 19.1 Å². The molecule has 1 N–H and O–H groups in total. The summed E-state index contributed by atoms with van der Waals surface area (Å²) in [4.78, 5) is 35.2. The van der Waals surface area contributed by atoms with Crippen LogP contribution < -0.4 is 0 Å². The molecule has 0 aromatic carbocycles. The number of carbonyl (C=O) groups is 3. The molecule has 1 amide bonds. The van der Waals surface area contributed by atoms with Gasteiger partial charge in [-0.3, -0.25) is 9.59 Å². The number of methoxy groups -OCH3 is 1. The Morgan fingerprint density at radius 2 is 2.11 bits per heavy atom. The Balaban J connectivity index is 2.45. The quantitative estimate of drug-likeness (QED) is 0.726. The minimum Gasteiger partial charge on any atom is -0.480 e. The summed E-state index contributed by atoms with van der Waals surface area (Å²) >= 11 is 1.18. The molecule has 108 valence electrons. The molecule has 2 atom stereocenters. The number of amides is 1. The van der Waals surface area contributed by atoms with Crippen LogP contribution in [0.15, 0.2) is 0 Å². The Morgan fingerprint density at radius 1 is 1.42 bits per heavy atom. The van der Waals surface area contributed by atoms with Gasteiger partial charge in [0.1, 0.15) is 6.04 Å². The standard InChI is InChI=1S/C12H19NO5S/c1-8(14)19-5-3-4-11(15)13-7-9(18-2)6-10(13)12(16)17/h9-10H,3-7H2,1-2H3,(H,16,17)/t9-,10-/m0/s1. The van der Waals surface area contributed by atoms with Crippen LogP contribution in [0.4, 0.5) is 0 Å². The van der Waals surface area contributed by atoms with E-state index in [0.717, 1.165) is 0 Å². The van der Waals surface area contributed by atoms with Gasteiger partial charge in [-0.25, -0.2) is 4.79 Å². The molecule has 1 saturated heterocycles. The van der Waals surface area contributed by atoms with Crippen LogP contribution in [0.3, 0.4) is 0 Å². The van der Waals surface area contributed by atoms with Gasteiger partial charge in [0.05, 0.1) is 6.10 Å². The summed E-state index contributed by atoms with van der Waals surface area (Å²) in [5, 5.41) is 9.12. The van der Waals surface area contributed by atoms with E-state index < -0.39 is 12.0 Å². The summed E-state index contributed by atoms with van der Waals surface area (Å²) in [6.07, 6.45) is 0.959. The minimum atomic E-state index is -0.994. The fraction of sp³-hybridized carbons (Fsp3) is 0.750. The molecule has 6 nitrogen and oxygen atoms in total. The van der Waals surface area contributed by atoms with Crippen molar-refractivity contribution in [2.24, 2.45) is 0 Å². The lowest BCUT2D eigenvalue weighted by molar-refractivity contribution is -0.148. The number of carboxylic acids is 1. The van der Waals surface area contributed by atoms with Crippen LogP contribution in [0.1, 0.15) is 26.2 Å². The van der Waals surface area contributed by atoms with Gasteiger partial charge in [-0.2, -0.15) is 0 Å². The van der Waals surface area contributed by atoms with Gasteiger partial charge in [0.25, 0.3) is 0 Å². The van der Waals surface area contributed by atoms with Crippen LogP contribution in [0.2, 0.25) is 0 Å². The highest BCUT2D eigenvalue weighted by atomic mass is 32.2. The van der Waals surface area contributed by atoms with Crippen LogP contribution in [0, 0.1) is 0 Å². The number of ether oxygens (including phenoxy) is 1. The number of likely N-dealkylation sites (tertiary alicyclic amines) is 1. The van der Waals surface area contributed by atoms with E-state index in [-0.39, 0.29) is 23.5 Å². The van der Waals surface area contributed by atoms with Gasteiger partial charge in [0.2, 0.25) is 5.91 Å². The number of hydrogen-bond donors (Lipinski definition) is 1. The number of nitrogens with zero attached hydrogens (tertiary/aromatic N) is 1. The average Bonchev–Trinajstić information content (AvgIpc) is 2.78. The van der Waals surface area contributed by atoms with Gasteiger partial charge in [0.15, 0.2) is 5.12 Å². The molecule has 1 aliphatic rings. The second-order valence-corrected chi connectivity index (χ2v) is 5.71. The molecule has 0 saturated carbocycles. The van der Waals surface area contributed by atoms with E-state index in [9.17, 15) is 14.4 Å². The van der Waals surface area contributed by atoms with Crippen molar-refractivity contribution < 1.29 is 24.2 Å². The molecule has 1 aliphatic heterocycles. The first-order chi connectivity index (χ1) is 8.95. The zero-order valence-corrected chi connectivity index (χ0v) is 11.9. The number of rotatable bonds is 6. The van der Waals surface area contributed by atoms with E-state index in [1.54, 1.807) is 0 Å². The molecule has 0 aromatic rings. The largest absolute Gasteiger partial charge is 0.480 e. The molecule has 1 heterocycles. The molecule has 7 heteroatoms. The number of carboxylic acid groups (broad SMARTS) is 1. The molecular weight excluding hydrogens is 270 g/mol. The molecule has 19 heavy (non-hydrogen) atoms. The monoisotopic (exact) mass is 289 g/mol. The van der Waals surface area contributed by atoms with Gasteiger partial charge in [-0.05, 0) is 6.42 Å². The second kappa shape index (κ2) is 7.49. The maximum absolute atomic E-state index is 12.0. The van der Waals surface area contributed by atoms with Crippen molar-refractivity contribution in [3.05, 3.63) is 0 Å². The highest BCUT2D eigenvalue weighted by molar-refractivity contribution is 8.13. The normalized spacial score (nSPS) is 22.5. The molecule has 0 spiro atoms. The molecule has 0 unspecified atom stereocenters. The number of thioether (sulfide) groups is 1. The van der Waals surface area contributed by atoms with E-state index in [1.165, 1.54) is 30.7 Å². The van der Waals surface area contributed by atoms with Gasteiger partial charge in [-0.1, -0.05) is 11.8 Å². The van der Waals surface area contributed by atoms with Gasteiger partial charge in [-0.15, -0.1) is 0 Å². The van der Waals surface area contributed by atoms with E-state index in [1.807, 2.05) is 0 Å². The molecule has 1 fully saturated rings. The average molecular weight is 289 g/mol. The fourth-order valence-electron chi connectivity index (χ4n) is 2.06. The first-order valence-electron chi connectivity index (χ1n) is 6.14. The fourth-order valence-corrected chi connectivity index (χ4v) is 2.64. The molecule has 1 rings (SSSR count). The van der Waals surface area contributed by atoms with Crippen molar-refractivity contribution in [3.8, 4) is 0 Å². The van der Waals surface area contributed by atoms with Gasteiger partial charge >= 0.3 is 5.97 Å². The van der Waals surface area contributed by atoms with Crippen LogP contribution in [-0.4, -0.2) is 58.6 Å². The van der Waals surface area contributed by atoms with Crippen molar-refractivity contribution in [3.63, 3.8) is 0 Å². The molecule has 0 radical (unpaired) electrons. The minimum absolute atomic E-state index is 0.0245. The number of hydrogen-bond acceptors (Lipinski definition) is 5. The molecular formula is C12H19NO5S. The van der Waals surface area contributed by atoms with Crippen molar-refractivity contribution in [2.45, 2.75) is 38.3 Å². The van der Waals surface area contributed by atoms with E-state index >= 15 is 0 Å². The Labute approximate surface area is 116 Å². The lowest BCUT2D eigenvalue weighted by Crippen LogP contribution is -2.40. The third kappa shape index (κ3) is 4.83. The first kappa shape index (κ1) is 16.0. The SMILES string of the molecule is CO[C@H]1C[C@@H](C(=O)O)N(C(=O)CCCSC(C)=O)C1. The van der Waals surface area contributed by atoms with Crippen LogP contribution in [0.5, 0.6) is 0 Å². The Hall–Kier alpha value is -1.08. The van der Waals surface area contributed by atoms with Crippen molar-refractivity contribution >= 4 is 28.8 Å². The van der Waals surface area contributed by atoms with E-state index in [0.29, 0.717) is 25.1 Å². The summed E-state index contributed by atoms with van der Waals surface area (Å²) < 4.78 is 5.12. The van der Waals surface area contributed by atoms with Crippen LogP contribution >= 0.6 is 11.8 Å². The Morgan fingerprint density at radius 3 is 2.63 bits per heavy atom. The Bertz CT molecular complexity index is 360. The summed E-state index contributed by atoms with van der Waals surface area (Å²) in [5.41, 5.74) is 0. The topological polar surface area (TPSA) is 83.9 Å². The number of aliphatic carboxylic acids is 1. The first-order valence-corrected chi connectivity index (χ1v) is 7.12.